The van der Waals surface area contributed by atoms with Crippen molar-refractivity contribution in [2.75, 3.05) is 0 Å². The maximum Gasteiger partial charge on any atom is 0.155 e. The van der Waals surface area contributed by atoms with Crippen molar-refractivity contribution in [3.05, 3.63) is 34.5 Å². The number of benzene rings is 1. The Morgan fingerprint density at radius 1 is 0.794 bits per heavy atom. The summed E-state index contributed by atoms with van der Waals surface area (Å²) in [5, 5.41) is 4.94. The number of carbonyl (C=O) groups excluding carboxylic acids is 1. The molecule has 2 rings (SSSR count). The minimum absolute atomic E-state index is 0.00107. The summed E-state index contributed by atoms with van der Waals surface area (Å²) in [5.74, 6) is 0.264. The zero-order chi connectivity index (χ0) is 26.7. The first-order valence-corrected chi connectivity index (χ1v) is 12.9. The molecule has 3 nitrogen and oxygen atoms in total. The van der Waals surface area contributed by atoms with Crippen LogP contribution in [0.25, 0.3) is 10.9 Å². The Balaban J connectivity index is 2.92. The van der Waals surface area contributed by atoms with Crippen LogP contribution in [0.2, 0.25) is 0 Å². The monoisotopic (exact) mass is 468 g/mol. The van der Waals surface area contributed by atoms with Gasteiger partial charge in [0.15, 0.2) is 5.78 Å². The molecule has 0 radical (unpaired) electrons. The smallest absolute Gasteiger partial charge is 0.155 e. The van der Waals surface area contributed by atoms with E-state index in [1.165, 1.54) is 33.3 Å². The van der Waals surface area contributed by atoms with Gasteiger partial charge in [-0.2, -0.15) is 0 Å². The number of hydrogen-bond donors (Lipinski definition) is 2. The maximum absolute atomic E-state index is 13.6. The molecule has 1 heterocycles. The van der Waals surface area contributed by atoms with Gasteiger partial charge in [0, 0.05) is 33.0 Å². The SMILES string of the molecule is CC(C)(C)NC(Cc1c(C(C)(C)C)[nH]c2c(C(C)(C)C)cc(C(C)(C)C)cc12)C(=O)C(C)(C)C. The summed E-state index contributed by atoms with van der Waals surface area (Å²) >= 11 is 0. The van der Waals surface area contributed by atoms with E-state index in [0.717, 1.165) is 0 Å². The number of hydrogen-bond acceptors (Lipinski definition) is 2. The topological polar surface area (TPSA) is 44.9 Å². The Kier molecular flexibility index (Phi) is 7.41. The Hall–Kier alpha value is -1.61. The van der Waals surface area contributed by atoms with Crippen molar-refractivity contribution in [1.82, 2.24) is 10.3 Å². The van der Waals surface area contributed by atoms with Gasteiger partial charge < -0.3 is 10.3 Å². The largest absolute Gasteiger partial charge is 0.357 e. The minimum atomic E-state index is -0.413. The van der Waals surface area contributed by atoms with Crippen molar-refractivity contribution in [2.45, 2.75) is 138 Å². The molecule has 1 aromatic heterocycles. The summed E-state index contributed by atoms with van der Waals surface area (Å²) in [5.41, 5.74) is 5.82. The van der Waals surface area contributed by atoms with Gasteiger partial charge in [0.05, 0.1) is 6.04 Å². The second-order valence-corrected chi connectivity index (χ2v) is 15.4. The van der Waals surface area contributed by atoms with Crippen LogP contribution >= 0.6 is 0 Å². The Labute approximate surface area is 209 Å². The highest BCUT2D eigenvalue weighted by Crippen LogP contribution is 2.40. The van der Waals surface area contributed by atoms with Crippen molar-refractivity contribution in [1.29, 1.82) is 0 Å². The van der Waals surface area contributed by atoms with Crippen LogP contribution < -0.4 is 5.32 Å². The number of H-pyrrole nitrogens is 1. The minimum Gasteiger partial charge on any atom is -0.357 e. The van der Waals surface area contributed by atoms with Crippen LogP contribution in [0.15, 0.2) is 12.1 Å². The second kappa shape index (κ2) is 8.80. The van der Waals surface area contributed by atoms with Crippen LogP contribution in [-0.4, -0.2) is 22.3 Å². The van der Waals surface area contributed by atoms with Gasteiger partial charge in [-0.05, 0) is 60.8 Å². The molecule has 1 aromatic carbocycles. The first kappa shape index (κ1) is 28.6. The molecule has 0 aliphatic heterocycles. The molecule has 1 unspecified atom stereocenters. The van der Waals surface area contributed by atoms with Crippen molar-refractivity contribution in [3.63, 3.8) is 0 Å². The fraction of sp³-hybridized carbons (Fsp3) is 0.710. The molecule has 34 heavy (non-hydrogen) atoms. The third-order valence-electron chi connectivity index (χ3n) is 6.51. The Morgan fingerprint density at radius 3 is 1.71 bits per heavy atom. The summed E-state index contributed by atoms with van der Waals surface area (Å²) in [7, 11) is 0. The van der Waals surface area contributed by atoms with Gasteiger partial charge in [-0.3, -0.25) is 4.79 Å². The van der Waals surface area contributed by atoms with E-state index in [-0.39, 0.29) is 33.6 Å². The third kappa shape index (κ3) is 6.53. The van der Waals surface area contributed by atoms with E-state index < -0.39 is 5.41 Å². The maximum atomic E-state index is 13.6. The van der Waals surface area contributed by atoms with Gasteiger partial charge >= 0.3 is 0 Å². The predicted molar refractivity (Wildman–Crippen MR) is 149 cm³/mol. The number of nitrogens with one attached hydrogen (secondary N) is 2. The molecular formula is C31H52N2O. The number of rotatable bonds is 4. The predicted octanol–water partition coefficient (Wildman–Crippen LogP) is 7.97. The van der Waals surface area contributed by atoms with Crippen molar-refractivity contribution >= 4 is 16.7 Å². The molecule has 0 spiro atoms. The molecule has 0 fully saturated rings. The van der Waals surface area contributed by atoms with Crippen LogP contribution in [-0.2, 0) is 27.5 Å². The normalized spacial score (nSPS) is 15.1. The van der Waals surface area contributed by atoms with Crippen LogP contribution in [0.4, 0.5) is 0 Å². The summed E-state index contributed by atoms with van der Waals surface area (Å²) in [6.07, 6.45) is 0.678. The van der Waals surface area contributed by atoms with Gasteiger partial charge in [-0.25, -0.2) is 0 Å². The molecule has 0 amide bonds. The van der Waals surface area contributed by atoms with Crippen molar-refractivity contribution in [3.8, 4) is 0 Å². The lowest BCUT2D eigenvalue weighted by atomic mass is 9.78. The molecule has 0 aliphatic carbocycles. The molecule has 192 valence electrons. The highest BCUT2D eigenvalue weighted by Gasteiger charge is 2.35. The molecule has 2 aromatic rings. The molecule has 0 bridgehead atoms. The lowest BCUT2D eigenvalue weighted by Crippen LogP contribution is -2.52. The van der Waals surface area contributed by atoms with Crippen molar-refractivity contribution in [2.24, 2.45) is 5.41 Å². The molecule has 0 aliphatic rings. The number of ketones is 1. The van der Waals surface area contributed by atoms with E-state index >= 15 is 0 Å². The molecule has 3 heteroatoms. The highest BCUT2D eigenvalue weighted by molar-refractivity contribution is 5.92. The lowest BCUT2D eigenvalue weighted by Gasteiger charge is -2.32. The Bertz CT molecular complexity index is 1040. The van der Waals surface area contributed by atoms with Gasteiger partial charge in [-0.15, -0.1) is 0 Å². The summed E-state index contributed by atoms with van der Waals surface area (Å²) in [6, 6.07) is 4.51. The first-order valence-electron chi connectivity index (χ1n) is 12.9. The highest BCUT2D eigenvalue weighted by atomic mass is 16.1. The average Bonchev–Trinajstić information content (AvgIpc) is 2.94. The second-order valence-electron chi connectivity index (χ2n) is 15.4. The van der Waals surface area contributed by atoms with Gasteiger partial charge in [0.2, 0.25) is 0 Å². The Morgan fingerprint density at radius 2 is 1.32 bits per heavy atom. The van der Waals surface area contributed by atoms with Crippen LogP contribution in [0.5, 0.6) is 0 Å². The number of carbonyl (C=O) groups is 1. The zero-order valence-electron chi connectivity index (χ0n) is 24.8. The zero-order valence-corrected chi connectivity index (χ0v) is 24.8. The van der Waals surface area contributed by atoms with E-state index in [1.807, 2.05) is 20.8 Å². The summed E-state index contributed by atoms with van der Waals surface area (Å²) in [4.78, 5) is 17.5. The molecule has 1 atom stereocenters. The van der Waals surface area contributed by atoms with Gasteiger partial charge in [-0.1, -0.05) is 89.2 Å². The number of aromatic nitrogens is 1. The number of Topliss-reactive ketones (excluding diaryl/α,β-unsaturated/α-hetero) is 1. The summed E-state index contributed by atoms with van der Waals surface area (Å²) < 4.78 is 0. The quantitative estimate of drug-likeness (QED) is 0.478. The summed E-state index contributed by atoms with van der Waals surface area (Å²) in [6.45, 7) is 33.0. The number of fused-ring (bicyclic) bond motifs is 1. The van der Waals surface area contributed by atoms with Crippen LogP contribution in [0.1, 0.15) is 126 Å². The standard InChI is InChI=1S/C31H52N2O/c1-27(2,3)19-16-20-21(18-23(33-31(13,14)15)26(34)30(10,11)12)25(29(7,8)9)32-24(20)22(17-19)28(4,5)6/h16-17,23,32-33H,18H2,1-15H3. The van der Waals surface area contributed by atoms with E-state index in [4.69, 9.17) is 0 Å². The molecular weight excluding hydrogens is 416 g/mol. The fourth-order valence-electron chi connectivity index (χ4n) is 4.69. The molecule has 2 N–H and O–H groups in total. The van der Waals surface area contributed by atoms with Gasteiger partial charge in [0.1, 0.15) is 0 Å². The van der Waals surface area contributed by atoms with Gasteiger partial charge in [0.25, 0.3) is 0 Å². The molecule has 0 saturated heterocycles. The lowest BCUT2D eigenvalue weighted by molar-refractivity contribution is -0.128. The van der Waals surface area contributed by atoms with E-state index in [9.17, 15) is 4.79 Å². The van der Waals surface area contributed by atoms with E-state index in [1.54, 1.807) is 0 Å². The average molecular weight is 469 g/mol. The third-order valence-corrected chi connectivity index (χ3v) is 6.51. The molecule has 0 saturated carbocycles. The van der Waals surface area contributed by atoms with E-state index in [2.05, 4.69) is 106 Å². The van der Waals surface area contributed by atoms with E-state index in [0.29, 0.717) is 6.42 Å². The first-order chi connectivity index (χ1) is 14.9. The van der Waals surface area contributed by atoms with Crippen LogP contribution in [0.3, 0.4) is 0 Å². The van der Waals surface area contributed by atoms with Crippen molar-refractivity contribution < 1.29 is 4.79 Å². The fourth-order valence-corrected chi connectivity index (χ4v) is 4.69. The van der Waals surface area contributed by atoms with Crippen LogP contribution in [0, 0.1) is 5.41 Å². The number of aromatic amines is 1.